The second kappa shape index (κ2) is 12.9. The van der Waals surface area contributed by atoms with Crippen molar-refractivity contribution in [2.24, 2.45) is 0 Å². The largest absolute Gasteiger partial charge is 0.497 e. The van der Waals surface area contributed by atoms with Crippen molar-refractivity contribution < 1.29 is 23.7 Å². The Bertz CT molecular complexity index is 1300. The lowest BCUT2D eigenvalue weighted by Gasteiger charge is -2.47. The van der Waals surface area contributed by atoms with Gasteiger partial charge in [-0.25, -0.2) is 0 Å². The Morgan fingerprint density at radius 3 is 2.38 bits per heavy atom. The highest BCUT2D eigenvalue weighted by atomic mass is 16.5. The van der Waals surface area contributed by atoms with E-state index in [0.29, 0.717) is 31.9 Å². The monoisotopic (exact) mass is 574 g/mol. The lowest BCUT2D eigenvalue weighted by molar-refractivity contribution is -0.114. The Hall–Kier alpha value is -3.29. The van der Waals surface area contributed by atoms with Gasteiger partial charge in [0, 0.05) is 44.0 Å². The van der Waals surface area contributed by atoms with Gasteiger partial charge in [0.2, 0.25) is 0 Å². The molecule has 0 N–H and O–H groups in total. The van der Waals surface area contributed by atoms with Crippen LogP contribution in [0.4, 0.5) is 0 Å². The molecule has 0 aromatic heterocycles. The molecule has 4 aliphatic rings. The van der Waals surface area contributed by atoms with Gasteiger partial charge in [0.15, 0.2) is 11.5 Å². The molecule has 42 heavy (non-hydrogen) atoms. The number of carbonyl (C=O) groups is 1. The van der Waals surface area contributed by atoms with E-state index in [0.717, 1.165) is 59.8 Å². The van der Waals surface area contributed by atoms with Crippen LogP contribution in [-0.4, -0.2) is 73.7 Å². The highest BCUT2D eigenvalue weighted by Crippen LogP contribution is 2.43. The number of fused-ring (bicyclic) bond motifs is 1. The fourth-order valence-corrected chi connectivity index (χ4v) is 6.21. The molecule has 1 aromatic rings. The van der Waals surface area contributed by atoms with Crippen molar-refractivity contribution in [3.05, 3.63) is 88.6 Å². The lowest BCUT2D eigenvalue weighted by atomic mass is 9.75. The highest BCUT2D eigenvalue weighted by molar-refractivity contribution is 6.11. The van der Waals surface area contributed by atoms with E-state index in [2.05, 4.69) is 55.0 Å². The number of likely N-dealkylation sites (N-methyl/N-ethyl adjacent to an activating group) is 1. The summed E-state index contributed by atoms with van der Waals surface area (Å²) in [6.07, 6.45) is 15.4. The number of Topliss-reactive ketones (excluding diaryl/α,β-unsaturated/α-hetero) is 1. The van der Waals surface area contributed by atoms with Gasteiger partial charge in [-0.1, -0.05) is 36.8 Å². The van der Waals surface area contributed by atoms with E-state index in [-0.39, 0.29) is 11.4 Å². The molecule has 0 radical (unpaired) electrons. The van der Waals surface area contributed by atoms with E-state index in [4.69, 9.17) is 18.9 Å². The minimum atomic E-state index is -0.510. The number of carbonyl (C=O) groups excluding carboxylic acids is 1. The second-order valence-electron chi connectivity index (χ2n) is 12.2. The van der Waals surface area contributed by atoms with Crippen molar-refractivity contribution in [2.45, 2.75) is 70.6 Å². The summed E-state index contributed by atoms with van der Waals surface area (Å²) in [7, 11) is 3.40. The maximum absolute atomic E-state index is 14.0. The summed E-state index contributed by atoms with van der Waals surface area (Å²) in [5.74, 6) is 2.33. The number of ether oxygens (including phenoxy) is 4. The molecular formula is C35H46N2O5. The number of nitrogens with zero attached hydrogens (tertiary/aromatic N) is 2. The summed E-state index contributed by atoms with van der Waals surface area (Å²) in [4.78, 5) is 18.8. The van der Waals surface area contributed by atoms with Gasteiger partial charge in [0.1, 0.15) is 24.7 Å². The standard InChI is InChI=1S/C35H46N2O5/c1-6-37-23-28(22-36-18-8-7-9-19-36)33(38)30-20-31(41-25-27-14-16-34(2,40-5)17-15-27)32(21-35(30,37)3)42-24-26-10-12-29(39-4)13-11-26/h10-16,20,23H,6-9,17-19,21-22,24-25H2,1-5H3. The molecule has 0 saturated carbocycles. The molecule has 2 atom stereocenters. The molecule has 2 aliphatic carbocycles. The Balaban J connectivity index is 1.42. The van der Waals surface area contributed by atoms with Crippen molar-refractivity contribution in [3.63, 3.8) is 0 Å². The maximum Gasteiger partial charge on any atom is 0.190 e. The summed E-state index contributed by atoms with van der Waals surface area (Å²) in [6, 6.07) is 7.89. The van der Waals surface area contributed by atoms with Gasteiger partial charge < -0.3 is 23.8 Å². The molecule has 1 aromatic carbocycles. The minimum absolute atomic E-state index is 0.121. The number of methoxy groups -OCH3 is 2. The van der Waals surface area contributed by atoms with E-state index < -0.39 is 5.54 Å². The molecule has 5 rings (SSSR count). The quantitative estimate of drug-likeness (QED) is 0.317. The van der Waals surface area contributed by atoms with Crippen LogP contribution in [0.3, 0.4) is 0 Å². The Labute approximate surface area is 251 Å². The molecule has 0 amide bonds. The molecule has 226 valence electrons. The van der Waals surface area contributed by atoms with Crippen LogP contribution < -0.4 is 4.74 Å². The number of benzene rings is 1. The average Bonchev–Trinajstić information content (AvgIpc) is 3.02. The van der Waals surface area contributed by atoms with Crippen molar-refractivity contribution in [1.29, 1.82) is 0 Å². The smallest absolute Gasteiger partial charge is 0.190 e. The van der Waals surface area contributed by atoms with Crippen LogP contribution in [0, 0.1) is 0 Å². The summed E-state index contributed by atoms with van der Waals surface area (Å²) < 4.78 is 23.9. The molecular weight excluding hydrogens is 528 g/mol. The number of rotatable bonds is 11. The van der Waals surface area contributed by atoms with Crippen LogP contribution in [0.1, 0.15) is 58.4 Å². The number of piperidine rings is 1. The number of likely N-dealkylation sites (tertiary alicyclic amines) is 1. The predicted molar refractivity (Wildman–Crippen MR) is 165 cm³/mol. The molecule has 0 spiro atoms. The van der Waals surface area contributed by atoms with Gasteiger partial charge in [-0.3, -0.25) is 9.69 Å². The van der Waals surface area contributed by atoms with Crippen LogP contribution in [0.2, 0.25) is 0 Å². The van der Waals surface area contributed by atoms with Gasteiger partial charge in [-0.2, -0.15) is 0 Å². The summed E-state index contributed by atoms with van der Waals surface area (Å²) in [5.41, 5.74) is 2.96. The SMILES string of the molecule is CCN1C=C(CN2CCCCC2)C(=O)C2=CC(OCC3=CCC(C)(OC)C=C3)=C(OCc3ccc(OC)cc3)CC21C. The van der Waals surface area contributed by atoms with Crippen LogP contribution in [0.25, 0.3) is 0 Å². The zero-order valence-electron chi connectivity index (χ0n) is 25.9. The lowest BCUT2D eigenvalue weighted by Crippen LogP contribution is -2.52. The first-order valence-corrected chi connectivity index (χ1v) is 15.3. The van der Waals surface area contributed by atoms with E-state index in [1.807, 2.05) is 30.3 Å². The van der Waals surface area contributed by atoms with E-state index in [1.54, 1.807) is 14.2 Å². The third-order valence-electron chi connectivity index (χ3n) is 9.15. The van der Waals surface area contributed by atoms with Crippen molar-refractivity contribution in [2.75, 3.05) is 47.0 Å². The van der Waals surface area contributed by atoms with Crippen LogP contribution >= 0.6 is 0 Å². The third-order valence-corrected chi connectivity index (χ3v) is 9.15. The topological polar surface area (TPSA) is 60.5 Å². The van der Waals surface area contributed by atoms with Gasteiger partial charge in [0.25, 0.3) is 0 Å². The maximum atomic E-state index is 14.0. The van der Waals surface area contributed by atoms with E-state index in [9.17, 15) is 4.79 Å². The fourth-order valence-electron chi connectivity index (χ4n) is 6.21. The molecule has 1 fully saturated rings. The Kier molecular flexibility index (Phi) is 9.28. The average molecular weight is 575 g/mol. The minimum Gasteiger partial charge on any atom is -0.497 e. The molecule has 2 aliphatic heterocycles. The van der Waals surface area contributed by atoms with Crippen molar-refractivity contribution in [1.82, 2.24) is 9.80 Å². The summed E-state index contributed by atoms with van der Waals surface area (Å²) in [6.45, 7) is 10.8. The molecule has 2 heterocycles. The Morgan fingerprint density at radius 2 is 1.74 bits per heavy atom. The first-order valence-electron chi connectivity index (χ1n) is 15.3. The van der Waals surface area contributed by atoms with E-state index >= 15 is 0 Å². The molecule has 7 heteroatoms. The van der Waals surface area contributed by atoms with Gasteiger partial charge in [0.05, 0.1) is 18.2 Å². The van der Waals surface area contributed by atoms with Gasteiger partial charge in [-0.05, 0) is 82.5 Å². The van der Waals surface area contributed by atoms with Crippen LogP contribution in [0.15, 0.2) is 83.0 Å². The molecule has 2 unspecified atom stereocenters. The number of hydrogen-bond donors (Lipinski definition) is 0. The zero-order chi connectivity index (χ0) is 29.7. The van der Waals surface area contributed by atoms with Gasteiger partial charge in [-0.15, -0.1) is 0 Å². The van der Waals surface area contributed by atoms with Gasteiger partial charge >= 0.3 is 0 Å². The van der Waals surface area contributed by atoms with Crippen molar-refractivity contribution >= 4 is 5.78 Å². The fraction of sp³-hybridized carbons (Fsp3) is 0.514. The number of hydrogen-bond acceptors (Lipinski definition) is 7. The second-order valence-corrected chi connectivity index (χ2v) is 12.2. The predicted octanol–water partition coefficient (Wildman–Crippen LogP) is 6.09. The first kappa shape index (κ1) is 30.2. The molecule has 0 bridgehead atoms. The number of allylic oxidation sites excluding steroid dienone is 1. The first-order chi connectivity index (χ1) is 20.3. The molecule has 7 nitrogen and oxygen atoms in total. The summed E-state index contributed by atoms with van der Waals surface area (Å²) >= 11 is 0. The van der Waals surface area contributed by atoms with Crippen LogP contribution in [0.5, 0.6) is 5.75 Å². The molecule has 1 saturated heterocycles. The van der Waals surface area contributed by atoms with E-state index in [1.165, 1.54) is 19.3 Å². The van der Waals surface area contributed by atoms with Crippen molar-refractivity contribution in [3.8, 4) is 5.75 Å². The zero-order valence-corrected chi connectivity index (χ0v) is 25.9. The number of ketones is 1. The normalized spacial score (nSPS) is 26.4. The van der Waals surface area contributed by atoms with Crippen LogP contribution in [-0.2, 0) is 25.6 Å². The third kappa shape index (κ3) is 6.52. The highest BCUT2D eigenvalue weighted by Gasteiger charge is 2.46. The summed E-state index contributed by atoms with van der Waals surface area (Å²) in [5, 5.41) is 0. The Morgan fingerprint density at radius 1 is 0.976 bits per heavy atom.